The maximum atomic E-state index is 12.8. The molecule has 7 nitrogen and oxygen atoms in total. The van der Waals surface area contributed by atoms with Gasteiger partial charge < -0.3 is 14.5 Å². The maximum Gasteiger partial charge on any atom is 0.274 e. The molecule has 0 aliphatic carbocycles. The second-order valence-corrected chi connectivity index (χ2v) is 7.16. The molecule has 27 heavy (non-hydrogen) atoms. The number of carbonyl (C=O) groups excluding carboxylic acids is 2. The van der Waals surface area contributed by atoms with Crippen molar-refractivity contribution in [2.45, 2.75) is 25.4 Å². The van der Waals surface area contributed by atoms with Crippen LogP contribution in [0.2, 0.25) is 0 Å². The lowest BCUT2D eigenvalue weighted by Crippen LogP contribution is -2.62. The van der Waals surface area contributed by atoms with Crippen molar-refractivity contribution < 1.29 is 14.3 Å². The molecule has 0 bridgehead atoms. The first-order valence-electron chi connectivity index (χ1n) is 9.14. The number of aryl methyl sites for hydroxylation is 1. The Morgan fingerprint density at radius 3 is 2.70 bits per heavy atom. The number of carbonyl (C=O) groups is 2. The monoisotopic (exact) mass is 366 g/mol. The maximum absolute atomic E-state index is 12.8. The van der Waals surface area contributed by atoms with Crippen molar-refractivity contribution in [3.63, 3.8) is 0 Å². The van der Waals surface area contributed by atoms with Gasteiger partial charge in [-0.15, -0.1) is 0 Å². The Morgan fingerprint density at radius 2 is 1.96 bits per heavy atom. The molecule has 4 rings (SSSR count). The number of aromatic nitrogens is 2. The van der Waals surface area contributed by atoms with E-state index in [1.54, 1.807) is 16.0 Å². The zero-order valence-electron chi connectivity index (χ0n) is 15.3. The number of anilines is 1. The number of hydrogen-bond acceptors (Lipinski definition) is 5. The predicted molar refractivity (Wildman–Crippen MR) is 99.4 cm³/mol. The minimum atomic E-state index is -0.546. The third-order valence-corrected chi connectivity index (χ3v) is 5.14. The number of amides is 2. The molecule has 2 aliphatic heterocycles. The van der Waals surface area contributed by atoms with Gasteiger partial charge in [0.1, 0.15) is 17.9 Å². The Labute approximate surface area is 158 Å². The average molecular weight is 366 g/mol. The summed E-state index contributed by atoms with van der Waals surface area (Å²) in [7, 11) is 0. The van der Waals surface area contributed by atoms with E-state index in [1.807, 2.05) is 37.3 Å². The SMILES string of the molecule is Cc1cnc(C(=O)N2CCCC3(C2)CN(c2ccccc2)C(=O)CO3)cn1. The van der Waals surface area contributed by atoms with E-state index in [4.69, 9.17) is 4.74 Å². The molecule has 1 aromatic heterocycles. The molecule has 2 aliphatic rings. The lowest BCUT2D eigenvalue weighted by atomic mass is 9.90. The summed E-state index contributed by atoms with van der Waals surface area (Å²) in [6.45, 7) is 3.40. The van der Waals surface area contributed by atoms with Gasteiger partial charge in [-0.1, -0.05) is 18.2 Å². The van der Waals surface area contributed by atoms with Gasteiger partial charge in [0.2, 0.25) is 0 Å². The highest BCUT2D eigenvalue weighted by Gasteiger charge is 2.44. The first-order valence-corrected chi connectivity index (χ1v) is 9.14. The molecule has 1 atom stereocenters. The third kappa shape index (κ3) is 3.55. The van der Waals surface area contributed by atoms with Crippen molar-refractivity contribution in [3.05, 3.63) is 54.1 Å². The van der Waals surface area contributed by atoms with E-state index in [1.165, 1.54) is 6.20 Å². The number of rotatable bonds is 2. The molecule has 1 aromatic carbocycles. The van der Waals surface area contributed by atoms with Crippen LogP contribution in [-0.2, 0) is 9.53 Å². The van der Waals surface area contributed by atoms with Gasteiger partial charge in [0.05, 0.1) is 25.0 Å². The van der Waals surface area contributed by atoms with Crippen molar-refractivity contribution in [2.24, 2.45) is 0 Å². The van der Waals surface area contributed by atoms with Gasteiger partial charge in [-0.25, -0.2) is 4.98 Å². The second kappa shape index (κ2) is 7.08. The van der Waals surface area contributed by atoms with Crippen LogP contribution in [0.15, 0.2) is 42.7 Å². The molecule has 2 fully saturated rings. The first-order chi connectivity index (χ1) is 13.1. The van der Waals surface area contributed by atoms with Crippen LogP contribution in [0, 0.1) is 6.92 Å². The molecule has 2 aromatic rings. The highest BCUT2D eigenvalue weighted by Crippen LogP contribution is 2.32. The van der Waals surface area contributed by atoms with Gasteiger partial charge >= 0.3 is 0 Å². The van der Waals surface area contributed by atoms with Crippen molar-refractivity contribution in [1.82, 2.24) is 14.9 Å². The summed E-state index contributed by atoms with van der Waals surface area (Å²) >= 11 is 0. The summed E-state index contributed by atoms with van der Waals surface area (Å²) in [6.07, 6.45) is 4.75. The normalized spacial score (nSPS) is 22.9. The van der Waals surface area contributed by atoms with Crippen LogP contribution in [0.3, 0.4) is 0 Å². The molecule has 1 unspecified atom stereocenters. The van der Waals surface area contributed by atoms with Gasteiger partial charge in [0.25, 0.3) is 11.8 Å². The summed E-state index contributed by atoms with van der Waals surface area (Å²) in [5.41, 5.74) is 1.42. The van der Waals surface area contributed by atoms with Crippen LogP contribution in [0.1, 0.15) is 29.0 Å². The topological polar surface area (TPSA) is 75.6 Å². The zero-order chi connectivity index (χ0) is 18.9. The number of ether oxygens (including phenoxy) is 1. The summed E-state index contributed by atoms with van der Waals surface area (Å²) in [5.74, 6) is -0.201. The van der Waals surface area contributed by atoms with Crippen molar-refractivity contribution in [2.75, 3.05) is 31.1 Å². The van der Waals surface area contributed by atoms with E-state index < -0.39 is 5.60 Å². The minimum absolute atomic E-state index is 0.0290. The Bertz CT molecular complexity index is 840. The second-order valence-electron chi connectivity index (χ2n) is 7.16. The first kappa shape index (κ1) is 17.6. The van der Waals surface area contributed by atoms with Crippen molar-refractivity contribution in [1.29, 1.82) is 0 Å². The van der Waals surface area contributed by atoms with E-state index in [0.717, 1.165) is 24.2 Å². The molecule has 0 radical (unpaired) electrons. The smallest absolute Gasteiger partial charge is 0.274 e. The van der Waals surface area contributed by atoms with E-state index in [2.05, 4.69) is 9.97 Å². The lowest BCUT2D eigenvalue weighted by Gasteiger charge is -2.47. The summed E-state index contributed by atoms with van der Waals surface area (Å²) in [6, 6.07) is 9.60. The van der Waals surface area contributed by atoms with Crippen LogP contribution in [0.5, 0.6) is 0 Å². The minimum Gasteiger partial charge on any atom is -0.361 e. The summed E-state index contributed by atoms with van der Waals surface area (Å²) < 4.78 is 5.98. The fourth-order valence-corrected chi connectivity index (χ4v) is 3.74. The van der Waals surface area contributed by atoms with Crippen molar-refractivity contribution >= 4 is 17.5 Å². The molecule has 0 N–H and O–H groups in total. The molecule has 140 valence electrons. The number of hydrogen-bond donors (Lipinski definition) is 0. The molecule has 1 spiro atoms. The highest BCUT2D eigenvalue weighted by molar-refractivity contribution is 5.95. The number of morpholine rings is 1. The quantitative estimate of drug-likeness (QED) is 0.810. The summed E-state index contributed by atoms with van der Waals surface area (Å²) in [5, 5.41) is 0. The van der Waals surface area contributed by atoms with Gasteiger partial charge in [0, 0.05) is 18.4 Å². The highest BCUT2D eigenvalue weighted by atomic mass is 16.5. The van der Waals surface area contributed by atoms with E-state index >= 15 is 0 Å². The van der Waals surface area contributed by atoms with E-state index in [0.29, 0.717) is 25.3 Å². The Hall–Kier alpha value is -2.80. The molecule has 0 saturated carbocycles. The van der Waals surface area contributed by atoms with Crippen LogP contribution in [-0.4, -0.2) is 58.5 Å². The standard InChI is InChI=1S/C20H22N4O3/c1-15-10-22-17(11-21-15)19(26)23-9-5-8-20(13-23)14-24(18(25)12-27-20)16-6-3-2-4-7-16/h2-4,6-7,10-11H,5,8-9,12-14H2,1H3. The van der Waals surface area contributed by atoms with Gasteiger partial charge in [-0.05, 0) is 31.9 Å². The third-order valence-electron chi connectivity index (χ3n) is 5.14. The van der Waals surface area contributed by atoms with Crippen LogP contribution < -0.4 is 4.90 Å². The Kier molecular flexibility index (Phi) is 4.61. The van der Waals surface area contributed by atoms with Crippen molar-refractivity contribution in [3.8, 4) is 0 Å². The molecule has 7 heteroatoms. The van der Waals surface area contributed by atoms with Gasteiger partial charge in [0.15, 0.2) is 0 Å². The molecular weight excluding hydrogens is 344 g/mol. The number of para-hydroxylation sites is 1. The Morgan fingerprint density at radius 1 is 1.15 bits per heavy atom. The number of nitrogens with zero attached hydrogens (tertiary/aromatic N) is 4. The number of likely N-dealkylation sites (tertiary alicyclic amines) is 1. The van der Waals surface area contributed by atoms with Gasteiger partial charge in [-0.2, -0.15) is 0 Å². The molecule has 3 heterocycles. The van der Waals surface area contributed by atoms with Crippen LogP contribution >= 0.6 is 0 Å². The number of benzene rings is 1. The molecular formula is C20H22N4O3. The Balaban J connectivity index is 1.53. The van der Waals surface area contributed by atoms with E-state index in [-0.39, 0.29) is 18.4 Å². The lowest BCUT2D eigenvalue weighted by molar-refractivity contribution is -0.144. The van der Waals surface area contributed by atoms with Gasteiger partial charge in [-0.3, -0.25) is 14.6 Å². The number of piperidine rings is 1. The van der Waals surface area contributed by atoms with E-state index in [9.17, 15) is 9.59 Å². The van der Waals surface area contributed by atoms with Crippen LogP contribution in [0.25, 0.3) is 0 Å². The fourth-order valence-electron chi connectivity index (χ4n) is 3.74. The zero-order valence-corrected chi connectivity index (χ0v) is 15.3. The summed E-state index contributed by atoms with van der Waals surface area (Å²) in [4.78, 5) is 37.1. The predicted octanol–water partition coefficient (Wildman–Crippen LogP) is 1.82. The molecule has 2 amide bonds. The fraction of sp³-hybridized carbons (Fsp3) is 0.400. The average Bonchev–Trinajstić information content (AvgIpc) is 2.71. The molecule has 2 saturated heterocycles. The largest absolute Gasteiger partial charge is 0.361 e. The van der Waals surface area contributed by atoms with Crippen LogP contribution in [0.4, 0.5) is 5.69 Å².